The molecule has 1 aromatic carbocycles. The van der Waals surface area contributed by atoms with Crippen molar-refractivity contribution < 1.29 is 18.7 Å². The molecule has 29 heavy (non-hydrogen) atoms. The minimum absolute atomic E-state index is 0.163. The maximum Gasteiger partial charge on any atom is 0.414 e. The van der Waals surface area contributed by atoms with Gasteiger partial charge in [-0.05, 0) is 30.3 Å². The van der Waals surface area contributed by atoms with Crippen LogP contribution in [0.1, 0.15) is 0 Å². The van der Waals surface area contributed by atoms with Crippen LogP contribution in [0.3, 0.4) is 0 Å². The van der Waals surface area contributed by atoms with Gasteiger partial charge in [-0.1, -0.05) is 0 Å². The van der Waals surface area contributed by atoms with Gasteiger partial charge in [-0.15, -0.1) is 0 Å². The standard InChI is InChI=1S/C20H16FN5O3/c21-16-6-14(3-4-18(16)25-8-13-2-1-5-23-17(13)10-25)26-9-15(29-20(26)27)11-28-19-7-22-12-24-19/h1-8,10,15H,9,11-12H2/t15-/m1/s1. The Hall–Kier alpha value is -3.75. The van der Waals surface area contributed by atoms with Crippen LogP contribution in [0.15, 0.2) is 58.9 Å². The highest BCUT2D eigenvalue weighted by atomic mass is 19.1. The maximum atomic E-state index is 14.8. The van der Waals surface area contributed by atoms with E-state index in [-0.39, 0.29) is 13.2 Å². The lowest BCUT2D eigenvalue weighted by Crippen LogP contribution is -2.26. The Kier molecular flexibility index (Phi) is 4.19. The van der Waals surface area contributed by atoms with Crippen molar-refractivity contribution in [3.8, 4) is 5.69 Å². The Morgan fingerprint density at radius 3 is 3.00 bits per heavy atom. The summed E-state index contributed by atoms with van der Waals surface area (Å²) in [6.45, 7) is 0.778. The number of ether oxygens (including phenoxy) is 2. The smallest absolute Gasteiger partial charge is 0.414 e. The topological polar surface area (TPSA) is 81.3 Å². The number of fused-ring (bicyclic) bond motifs is 1. The Balaban J connectivity index is 1.33. The zero-order valence-electron chi connectivity index (χ0n) is 15.2. The zero-order valence-corrected chi connectivity index (χ0v) is 15.2. The first kappa shape index (κ1) is 17.4. The van der Waals surface area contributed by atoms with Gasteiger partial charge in [0.15, 0.2) is 6.10 Å². The van der Waals surface area contributed by atoms with Crippen molar-refractivity contribution in [3.63, 3.8) is 0 Å². The van der Waals surface area contributed by atoms with E-state index in [1.807, 2.05) is 18.3 Å². The molecule has 2 aliphatic rings. The number of benzene rings is 1. The molecule has 1 fully saturated rings. The van der Waals surface area contributed by atoms with E-state index in [9.17, 15) is 9.18 Å². The van der Waals surface area contributed by atoms with E-state index < -0.39 is 18.0 Å². The van der Waals surface area contributed by atoms with E-state index in [1.165, 1.54) is 17.2 Å². The third-order valence-electron chi connectivity index (χ3n) is 4.73. The first-order valence-corrected chi connectivity index (χ1v) is 9.05. The number of aliphatic imine (C=N–C) groups is 2. The van der Waals surface area contributed by atoms with Gasteiger partial charge in [0.25, 0.3) is 0 Å². The number of aromatic nitrogens is 2. The quantitative estimate of drug-likeness (QED) is 0.683. The third-order valence-corrected chi connectivity index (χ3v) is 4.73. The highest BCUT2D eigenvalue weighted by Crippen LogP contribution is 2.27. The normalized spacial score (nSPS) is 18.4. The van der Waals surface area contributed by atoms with E-state index in [1.54, 1.807) is 29.1 Å². The van der Waals surface area contributed by atoms with Crippen LogP contribution in [0.2, 0.25) is 0 Å². The average Bonchev–Trinajstić information content (AvgIpc) is 3.45. The Morgan fingerprint density at radius 2 is 2.21 bits per heavy atom. The maximum absolute atomic E-state index is 14.8. The number of cyclic esters (lactones) is 1. The summed E-state index contributed by atoms with van der Waals surface area (Å²) in [4.78, 5) is 25.8. The fraction of sp³-hybridized carbons (Fsp3) is 0.200. The molecule has 2 aliphatic heterocycles. The molecule has 1 saturated heterocycles. The number of hydrogen-bond donors (Lipinski definition) is 0. The SMILES string of the molecule is O=C1O[C@@H](COC2=NCN=C2)CN1c1ccc(-n2cc3cccnc3c2)c(F)c1. The largest absolute Gasteiger partial charge is 0.473 e. The lowest BCUT2D eigenvalue weighted by molar-refractivity contribution is 0.102. The van der Waals surface area contributed by atoms with Crippen molar-refractivity contribution in [2.45, 2.75) is 6.10 Å². The number of halogens is 1. The van der Waals surface area contributed by atoms with Crippen LogP contribution < -0.4 is 4.90 Å². The van der Waals surface area contributed by atoms with Crippen molar-refractivity contribution in [2.75, 3.05) is 24.7 Å². The van der Waals surface area contributed by atoms with Gasteiger partial charge in [0.05, 0.1) is 29.7 Å². The molecule has 0 saturated carbocycles. The van der Waals surface area contributed by atoms with Crippen LogP contribution in [-0.2, 0) is 9.47 Å². The molecule has 0 unspecified atom stereocenters. The van der Waals surface area contributed by atoms with E-state index in [0.717, 1.165) is 10.9 Å². The van der Waals surface area contributed by atoms with E-state index in [0.29, 0.717) is 23.9 Å². The van der Waals surface area contributed by atoms with Crippen molar-refractivity contribution in [2.24, 2.45) is 9.98 Å². The van der Waals surface area contributed by atoms with Crippen LogP contribution in [0.5, 0.6) is 0 Å². The summed E-state index contributed by atoms with van der Waals surface area (Å²) >= 11 is 0. The average molecular weight is 393 g/mol. The van der Waals surface area contributed by atoms with Gasteiger partial charge in [0, 0.05) is 24.0 Å². The summed E-state index contributed by atoms with van der Waals surface area (Å²) in [5.41, 5.74) is 1.57. The zero-order chi connectivity index (χ0) is 19.8. The monoisotopic (exact) mass is 393 g/mol. The lowest BCUT2D eigenvalue weighted by Gasteiger charge is -2.14. The number of carbonyl (C=O) groups excluding carboxylic acids is 1. The molecule has 4 heterocycles. The molecule has 0 aliphatic carbocycles. The molecule has 9 heteroatoms. The second kappa shape index (κ2) is 7.01. The minimum atomic E-state index is -0.538. The molecule has 0 radical (unpaired) electrons. The van der Waals surface area contributed by atoms with Gasteiger partial charge in [0.2, 0.25) is 5.90 Å². The molecule has 146 valence electrons. The first-order valence-electron chi connectivity index (χ1n) is 9.05. The lowest BCUT2D eigenvalue weighted by atomic mass is 10.2. The second-order valence-electron chi connectivity index (χ2n) is 6.66. The number of anilines is 1. The van der Waals surface area contributed by atoms with Crippen LogP contribution in [0.4, 0.5) is 14.9 Å². The predicted molar refractivity (Wildman–Crippen MR) is 105 cm³/mol. The summed E-state index contributed by atoms with van der Waals surface area (Å²) in [5, 5.41) is 0.916. The van der Waals surface area contributed by atoms with Crippen LogP contribution >= 0.6 is 0 Å². The number of nitrogens with zero attached hydrogens (tertiary/aromatic N) is 5. The van der Waals surface area contributed by atoms with Crippen LogP contribution in [0, 0.1) is 5.82 Å². The summed E-state index contributed by atoms with van der Waals surface area (Å²) in [5.74, 6) is -0.0321. The molecular weight excluding hydrogens is 377 g/mol. The van der Waals surface area contributed by atoms with E-state index in [2.05, 4.69) is 15.0 Å². The van der Waals surface area contributed by atoms with Gasteiger partial charge in [-0.25, -0.2) is 14.2 Å². The Morgan fingerprint density at radius 1 is 1.28 bits per heavy atom. The van der Waals surface area contributed by atoms with Gasteiger partial charge >= 0.3 is 6.09 Å². The second-order valence-corrected chi connectivity index (χ2v) is 6.66. The van der Waals surface area contributed by atoms with Gasteiger partial charge in [0.1, 0.15) is 19.1 Å². The molecule has 0 bridgehead atoms. The molecule has 0 spiro atoms. The first-order chi connectivity index (χ1) is 14.2. The van der Waals surface area contributed by atoms with E-state index in [4.69, 9.17) is 9.47 Å². The molecule has 1 amide bonds. The third kappa shape index (κ3) is 3.31. The van der Waals surface area contributed by atoms with Crippen molar-refractivity contribution in [3.05, 3.63) is 54.7 Å². The molecule has 2 aromatic heterocycles. The molecule has 8 nitrogen and oxygen atoms in total. The molecule has 5 rings (SSSR count). The highest BCUT2D eigenvalue weighted by molar-refractivity contribution is 6.27. The van der Waals surface area contributed by atoms with Crippen LogP contribution in [-0.4, -0.2) is 53.7 Å². The fourth-order valence-corrected chi connectivity index (χ4v) is 3.33. The number of hydrogen-bond acceptors (Lipinski definition) is 6. The van der Waals surface area contributed by atoms with Gasteiger partial charge in [-0.2, -0.15) is 0 Å². The molecular formula is C20H16FN5O3. The van der Waals surface area contributed by atoms with Crippen LogP contribution in [0.25, 0.3) is 16.6 Å². The number of rotatable bonds is 4. The fourth-order valence-electron chi connectivity index (χ4n) is 3.33. The highest BCUT2D eigenvalue weighted by Gasteiger charge is 2.33. The van der Waals surface area contributed by atoms with E-state index >= 15 is 0 Å². The number of amides is 1. The molecule has 3 aromatic rings. The molecule has 0 N–H and O–H groups in total. The Bertz CT molecular complexity index is 1120. The summed E-state index contributed by atoms with van der Waals surface area (Å²) in [6, 6.07) is 8.39. The summed E-state index contributed by atoms with van der Waals surface area (Å²) < 4.78 is 27.3. The predicted octanol–water partition coefficient (Wildman–Crippen LogP) is 2.95. The molecule has 1 atom stereocenters. The Labute approximate surface area is 164 Å². The number of pyridine rings is 1. The van der Waals surface area contributed by atoms with Crippen molar-refractivity contribution >= 4 is 34.8 Å². The summed E-state index contributed by atoms with van der Waals surface area (Å²) in [6.07, 6.45) is 5.79. The number of carbonyl (C=O) groups is 1. The summed E-state index contributed by atoms with van der Waals surface area (Å²) in [7, 11) is 0. The minimum Gasteiger partial charge on any atom is -0.473 e. The van der Waals surface area contributed by atoms with Gasteiger partial charge in [-0.3, -0.25) is 14.9 Å². The van der Waals surface area contributed by atoms with Gasteiger partial charge < -0.3 is 14.0 Å². The van der Waals surface area contributed by atoms with Crippen molar-refractivity contribution in [1.82, 2.24) is 9.55 Å². The van der Waals surface area contributed by atoms with Crippen molar-refractivity contribution in [1.29, 1.82) is 0 Å².